The van der Waals surface area contributed by atoms with Crippen molar-refractivity contribution in [2.75, 3.05) is 0 Å². The van der Waals surface area contributed by atoms with Gasteiger partial charge in [-0.3, -0.25) is 19.2 Å². The predicted octanol–water partition coefficient (Wildman–Crippen LogP) is 4.45. The monoisotopic (exact) mass is 562 g/mol. The minimum Gasteiger partial charge on any atom is -0.461 e. The van der Waals surface area contributed by atoms with Gasteiger partial charge in [-0.15, -0.1) is 0 Å². The Kier molecular flexibility index (Phi) is 9.29. The van der Waals surface area contributed by atoms with Gasteiger partial charge in [-0.25, -0.2) is 0 Å². The van der Waals surface area contributed by atoms with Crippen molar-refractivity contribution in [3.8, 4) is 0 Å². The standard InChI is InChI=1S/C31H46O9/c1-11-15(2)29(36)40-22-14-16(3)23-27(39-20(7)34)28(35)31(10)13-12-21(37-18(5)32)17(4)24(31)26(38-19(6)33)25(22)30(23,8)9/h15,21-22,24-28,35H,4,11-14H2,1-3,5-10H3. The van der Waals surface area contributed by atoms with Crippen molar-refractivity contribution in [3.63, 3.8) is 0 Å². The van der Waals surface area contributed by atoms with Crippen LogP contribution in [0.5, 0.6) is 0 Å². The third-order valence-corrected chi connectivity index (χ3v) is 9.48. The molecule has 0 spiro atoms. The molecule has 2 saturated carbocycles. The Morgan fingerprint density at radius 2 is 1.57 bits per heavy atom. The van der Waals surface area contributed by atoms with E-state index < -0.39 is 71.1 Å². The zero-order chi connectivity index (χ0) is 30.3. The molecule has 0 aromatic carbocycles. The highest BCUT2D eigenvalue weighted by atomic mass is 16.6. The molecule has 3 rings (SSSR count). The lowest BCUT2D eigenvalue weighted by atomic mass is 9.49. The van der Waals surface area contributed by atoms with E-state index in [0.717, 1.165) is 11.1 Å². The van der Waals surface area contributed by atoms with Crippen LogP contribution in [-0.4, -0.2) is 59.5 Å². The van der Waals surface area contributed by atoms with Gasteiger partial charge in [0.2, 0.25) is 0 Å². The van der Waals surface area contributed by atoms with E-state index in [2.05, 4.69) is 6.58 Å². The van der Waals surface area contributed by atoms with E-state index in [4.69, 9.17) is 18.9 Å². The number of esters is 4. The molecule has 2 bridgehead atoms. The number of aliphatic hydroxyl groups excluding tert-OH is 1. The van der Waals surface area contributed by atoms with Crippen molar-refractivity contribution >= 4 is 23.9 Å². The largest absolute Gasteiger partial charge is 0.461 e. The topological polar surface area (TPSA) is 125 Å². The first kappa shape index (κ1) is 31.8. The molecule has 9 unspecified atom stereocenters. The SMILES string of the molecule is C=C1C(OC(C)=O)CCC2(C)C(O)C(OC(C)=O)C3=C(C)CC(OC(=O)C(C)CC)C(C(OC(C)=O)C12)C3(C)C. The molecule has 0 aliphatic heterocycles. The molecular weight excluding hydrogens is 516 g/mol. The molecule has 9 atom stereocenters. The first-order valence-electron chi connectivity index (χ1n) is 14.3. The third-order valence-electron chi connectivity index (χ3n) is 9.48. The second-order valence-electron chi connectivity index (χ2n) is 12.7. The third kappa shape index (κ3) is 5.71. The summed E-state index contributed by atoms with van der Waals surface area (Å²) in [5.41, 5.74) is 0.259. The van der Waals surface area contributed by atoms with Crippen molar-refractivity contribution in [1.29, 1.82) is 0 Å². The van der Waals surface area contributed by atoms with Crippen LogP contribution in [0, 0.1) is 28.6 Å². The maximum atomic E-state index is 13.1. The summed E-state index contributed by atoms with van der Waals surface area (Å²) in [6, 6.07) is 0. The van der Waals surface area contributed by atoms with E-state index in [1.165, 1.54) is 20.8 Å². The Morgan fingerprint density at radius 1 is 1.00 bits per heavy atom. The summed E-state index contributed by atoms with van der Waals surface area (Å²) in [7, 11) is 0. The maximum absolute atomic E-state index is 13.1. The summed E-state index contributed by atoms with van der Waals surface area (Å²) in [6.45, 7) is 19.6. The number of ether oxygens (including phenoxy) is 4. The highest BCUT2D eigenvalue weighted by Crippen LogP contribution is 2.60. The van der Waals surface area contributed by atoms with Gasteiger partial charge in [0.15, 0.2) is 0 Å². The minimum absolute atomic E-state index is 0.317. The van der Waals surface area contributed by atoms with E-state index in [1.807, 2.05) is 41.5 Å². The van der Waals surface area contributed by atoms with Crippen LogP contribution in [0.15, 0.2) is 23.3 Å². The molecule has 9 nitrogen and oxygen atoms in total. The summed E-state index contributed by atoms with van der Waals surface area (Å²) in [5.74, 6) is -3.48. The molecule has 3 aliphatic carbocycles. The van der Waals surface area contributed by atoms with Gasteiger partial charge in [-0.2, -0.15) is 0 Å². The molecule has 2 fully saturated rings. The average molecular weight is 563 g/mol. The first-order chi connectivity index (χ1) is 18.5. The van der Waals surface area contributed by atoms with Gasteiger partial charge >= 0.3 is 23.9 Å². The molecule has 0 amide bonds. The van der Waals surface area contributed by atoms with E-state index in [-0.39, 0.29) is 11.9 Å². The lowest BCUT2D eigenvalue weighted by molar-refractivity contribution is -0.203. The summed E-state index contributed by atoms with van der Waals surface area (Å²) in [5, 5.41) is 12.1. The fraction of sp³-hybridized carbons (Fsp3) is 0.742. The van der Waals surface area contributed by atoms with Crippen LogP contribution in [-0.2, 0) is 38.1 Å². The number of fused-ring (bicyclic) bond motifs is 3. The van der Waals surface area contributed by atoms with Crippen molar-refractivity contribution in [2.45, 2.75) is 119 Å². The van der Waals surface area contributed by atoms with Crippen LogP contribution in [0.2, 0.25) is 0 Å². The first-order valence-corrected chi connectivity index (χ1v) is 14.3. The van der Waals surface area contributed by atoms with Crippen LogP contribution in [0.4, 0.5) is 0 Å². The van der Waals surface area contributed by atoms with Crippen LogP contribution in [0.3, 0.4) is 0 Å². The fourth-order valence-corrected chi connectivity index (χ4v) is 7.52. The molecule has 224 valence electrons. The van der Waals surface area contributed by atoms with Gasteiger partial charge in [-0.1, -0.05) is 46.8 Å². The van der Waals surface area contributed by atoms with Crippen LogP contribution in [0.25, 0.3) is 0 Å². The van der Waals surface area contributed by atoms with Gasteiger partial charge in [0.25, 0.3) is 0 Å². The highest BCUT2D eigenvalue weighted by molar-refractivity contribution is 5.72. The summed E-state index contributed by atoms with van der Waals surface area (Å²) in [6.07, 6.45) is -2.67. The van der Waals surface area contributed by atoms with Crippen LogP contribution >= 0.6 is 0 Å². The summed E-state index contributed by atoms with van der Waals surface area (Å²) < 4.78 is 23.8. The number of carbonyl (C=O) groups excluding carboxylic acids is 4. The Labute approximate surface area is 237 Å². The lowest BCUT2D eigenvalue weighted by Gasteiger charge is -2.60. The molecule has 0 aromatic rings. The van der Waals surface area contributed by atoms with Crippen molar-refractivity contribution < 1.29 is 43.2 Å². The molecule has 3 aliphatic rings. The van der Waals surface area contributed by atoms with E-state index in [0.29, 0.717) is 31.3 Å². The van der Waals surface area contributed by atoms with E-state index >= 15 is 0 Å². The molecule has 0 saturated heterocycles. The molecule has 40 heavy (non-hydrogen) atoms. The van der Waals surface area contributed by atoms with Gasteiger partial charge in [0.05, 0.1) is 5.92 Å². The maximum Gasteiger partial charge on any atom is 0.308 e. The highest BCUT2D eigenvalue weighted by Gasteiger charge is 2.64. The zero-order valence-electron chi connectivity index (χ0n) is 25.4. The molecular formula is C31H46O9. The Morgan fingerprint density at radius 3 is 2.10 bits per heavy atom. The number of hydrogen-bond acceptors (Lipinski definition) is 9. The summed E-state index contributed by atoms with van der Waals surface area (Å²) >= 11 is 0. The summed E-state index contributed by atoms with van der Waals surface area (Å²) in [4.78, 5) is 50.2. The number of hydrogen-bond donors (Lipinski definition) is 1. The predicted molar refractivity (Wildman–Crippen MR) is 147 cm³/mol. The van der Waals surface area contributed by atoms with Crippen LogP contribution in [0.1, 0.15) is 88.0 Å². The van der Waals surface area contributed by atoms with Gasteiger partial charge in [-0.05, 0) is 42.7 Å². The van der Waals surface area contributed by atoms with Crippen LogP contribution < -0.4 is 0 Å². The normalized spacial score (nSPS) is 35.9. The van der Waals surface area contributed by atoms with Gasteiger partial charge < -0.3 is 24.1 Å². The number of carbonyl (C=O) groups is 4. The van der Waals surface area contributed by atoms with Crippen molar-refractivity contribution in [1.82, 2.24) is 0 Å². The average Bonchev–Trinajstić information content (AvgIpc) is 2.82. The molecule has 0 radical (unpaired) electrons. The quantitative estimate of drug-likeness (QED) is 0.284. The van der Waals surface area contributed by atoms with E-state index in [9.17, 15) is 24.3 Å². The van der Waals surface area contributed by atoms with Crippen molar-refractivity contribution in [2.24, 2.45) is 28.6 Å². The number of aliphatic hydroxyl groups is 1. The van der Waals surface area contributed by atoms with Gasteiger partial charge in [0, 0.05) is 44.4 Å². The Balaban J connectivity index is 2.33. The smallest absolute Gasteiger partial charge is 0.308 e. The second kappa shape index (κ2) is 11.7. The van der Waals surface area contributed by atoms with E-state index in [1.54, 1.807) is 0 Å². The zero-order valence-corrected chi connectivity index (χ0v) is 25.4. The van der Waals surface area contributed by atoms with Gasteiger partial charge in [0.1, 0.15) is 30.5 Å². The lowest BCUT2D eigenvalue weighted by Crippen LogP contribution is -2.65. The Hall–Kier alpha value is -2.68. The minimum atomic E-state index is -1.18. The van der Waals surface area contributed by atoms with Crippen molar-refractivity contribution in [3.05, 3.63) is 23.3 Å². The second-order valence-corrected chi connectivity index (χ2v) is 12.7. The number of rotatable bonds is 6. The molecule has 9 heteroatoms. The fourth-order valence-electron chi connectivity index (χ4n) is 7.52. The Bertz CT molecular complexity index is 1090. The molecule has 0 aromatic heterocycles. The molecule has 1 N–H and O–H groups in total. The molecule has 0 heterocycles.